The first kappa shape index (κ1) is 16.6. The highest BCUT2D eigenvalue weighted by atomic mass is 16.3. The van der Waals surface area contributed by atoms with Crippen molar-refractivity contribution in [3.8, 4) is 0 Å². The fourth-order valence-electron chi connectivity index (χ4n) is 3.33. The van der Waals surface area contributed by atoms with Crippen LogP contribution >= 0.6 is 0 Å². The molecular formula is C18H32N2O. The van der Waals surface area contributed by atoms with Gasteiger partial charge in [0.25, 0.3) is 0 Å². The first-order valence-corrected chi connectivity index (χ1v) is 8.59. The molecule has 0 saturated heterocycles. The molecule has 0 aliphatic heterocycles. The summed E-state index contributed by atoms with van der Waals surface area (Å²) >= 11 is 0. The Balaban J connectivity index is 1.85. The Bertz CT molecular complexity index is 405. The molecule has 1 aromatic rings. The summed E-state index contributed by atoms with van der Waals surface area (Å²) in [5, 5.41) is 3.48. The first-order valence-electron chi connectivity index (χ1n) is 8.59. The Hall–Kier alpha value is -0.800. The Labute approximate surface area is 130 Å². The summed E-state index contributed by atoms with van der Waals surface area (Å²) in [6.45, 7) is 8.52. The van der Waals surface area contributed by atoms with Gasteiger partial charge in [0, 0.05) is 24.2 Å². The van der Waals surface area contributed by atoms with E-state index < -0.39 is 0 Å². The van der Waals surface area contributed by atoms with Crippen molar-refractivity contribution in [3.05, 3.63) is 23.7 Å². The molecule has 1 aliphatic carbocycles. The molecule has 120 valence electrons. The van der Waals surface area contributed by atoms with Crippen LogP contribution in [0.4, 0.5) is 0 Å². The number of hydrogen-bond donors (Lipinski definition) is 1. The standard InChI is InChI=1S/C18H32N2O/c1-5-15-6-8-17(9-7-15)20(4)13-18-16(10-11-21-18)12-19-14(2)3/h10-11,14-15,17,19H,5-9,12-13H2,1-4H3. The summed E-state index contributed by atoms with van der Waals surface area (Å²) in [5.41, 5.74) is 1.30. The largest absolute Gasteiger partial charge is 0.468 e. The summed E-state index contributed by atoms with van der Waals surface area (Å²) in [7, 11) is 2.25. The summed E-state index contributed by atoms with van der Waals surface area (Å²) < 4.78 is 5.72. The Morgan fingerprint density at radius 1 is 1.29 bits per heavy atom. The number of furan rings is 1. The van der Waals surface area contributed by atoms with Crippen LogP contribution in [-0.4, -0.2) is 24.0 Å². The van der Waals surface area contributed by atoms with Gasteiger partial charge in [-0.25, -0.2) is 0 Å². The molecule has 0 unspecified atom stereocenters. The second-order valence-electron chi connectivity index (χ2n) is 6.90. The summed E-state index contributed by atoms with van der Waals surface area (Å²) in [6.07, 6.45) is 8.65. The lowest BCUT2D eigenvalue weighted by molar-refractivity contribution is 0.148. The van der Waals surface area contributed by atoms with Gasteiger partial charge >= 0.3 is 0 Å². The van der Waals surface area contributed by atoms with Gasteiger partial charge in [-0.2, -0.15) is 0 Å². The highest BCUT2D eigenvalue weighted by Crippen LogP contribution is 2.29. The van der Waals surface area contributed by atoms with Crippen LogP contribution in [0.2, 0.25) is 0 Å². The van der Waals surface area contributed by atoms with Crippen molar-refractivity contribution in [2.75, 3.05) is 7.05 Å². The van der Waals surface area contributed by atoms with Crippen LogP contribution in [0.25, 0.3) is 0 Å². The van der Waals surface area contributed by atoms with E-state index in [4.69, 9.17) is 4.42 Å². The predicted octanol–water partition coefficient (Wildman–Crippen LogP) is 4.18. The second-order valence-corrected chi connectivity index (χ2v) is 6.90. The molecule has 0 amide bonds. The van der Waals surface area contributed by atoms with Crippen molar-refractivity contribution < 1.29 is 4.42 Å². The van der Waals surface area contributed by atoms with Crippen molar-refractivity contribution in [3.63, 3.8) is 0 Å². The minimum absolute atomic E-state index is 0.509. The van der Waals surface area contributed by atoms with Gasteiger partial charge in [-0.15, -0.1) is 0 Å². The maximum absolute atomic E-state index is 5.72. The fourth-order valence-corrected chi connectivity index (χ4v) is 3.33. The van der Waals surface area contributed by atoms with E-state index in [1.807, 2.05) is 6.26 Å². The van der Waals surface area contributed by atoms with Crippen molar-refractivity contribution in [2.24, 2.45) is 5.92 Å². The van der Waals surface area contributed by atoms with E-state index in [0.717, 1.165) is 30.8 Å². The Morgan fingerprint density at radius 3 is 2.62 bits per heavy atom. The normalized spacial score (nSPS) is 23.1. The number of nitrogens with zero attached hydrogens (tertiary/aromatic N) is 1. The van der Waals surface area contributed by atoms with Crippen LogP contribution in [0.1, 0.15) is 64.2 Å². The van der Waals surface area contributed by atoms with Crippen molar-refractivity contribution in [1.29, 1.82) is 0 Å². The van der Waals surface area contributed by atoms with Crippen LogP contribution < -0.4 is 5.32 Å². The molecule has 1 N–H and O–H groups in total. The van der Waals surface area contributed by atoms with Gasteiger partial charge in [-0.1, -0.05) is 27.2 Å². The zero-order valence-corrected chi connectivity index (χ0v) is 14.2. The molecule has 21 heavy (non-hydrogen) atoms. The molecule has 1 fully saturated rings. The van der Waals surface area contributed by atoms with E-state index in [1.54, 1.807) is 0 Å². The SMILES string of the molecule is CCC1CCC(N(C)Cc2occc2CNC(C)C)CC1. The van der Waals surface area contributed by atoms with Crippen LogP contribution in [0, 0.1) is 5.92 Å². The maximum Gasteiger partial charge on any atom is 0.122 e. The van der Waals surface area contributed by atoms with Crippen molar-refractivity contribution in [1.82, 2.24) is 10.2 Å². The van der Waals surface area contributed by atoms with E-state index >= 15 is 0 Å². The zero-order chi connectivity index (χ0) is 15.2. The Morgan fingerprint density at radius 2 is 2.00 bits per heavy atom. The molecule has 3 nitrogen and oxygen atoms in total. The van der Waals surface area contributed by atoms with Gasteiger partial charge in [0.05, 0.1) is 12.8 Å². The molecule has 3 heteroatoms. The minimum atomic E-state index is 0.509. The number of nitrogens with one attached hydrogen (secondary N) is 1. The lowest BCUT2D eigenvalue weighted by Crippen LogP contribution is -2.35. The molecule has 1 heterocycles. The van der Waals surface area contributed by atoms with Crippen LogP contribution in [0.3, 0.4) is 0 Å². The Kier molecular flexibility index (Phi) is 6.31. The maximum atomic E-state index is 5.72. The summed E-state index contributed by atoms with van der Waals surface area (Å²) in [4.78, 5) is 2.49. The minimum Gasteiger partial charge on any atom is -0.468 e. The summed E-state index contributed by atoms with van der Waals surface area (Å²) in [6, 6.07) is 3.34. The fraction of sp³-hybridized carbons (Fsp3) is 0.778. The monoisotopic (exact) mass is 292 g/mol. The van der Waals surface area contributed by atoms with Crippen LogP contribution in [-0.2, 0) is 13.1 Å². The van der Waals surface area contributed by atoms with Gasteiger partial charge in [0.15, 0.2) is 0 Å². The average Bonchev–Trinajstić information content (AvgIpc) is 2.92. The third-order valence-electron chi connectivity index (χ3n) is 4.95. The zero-order valence-electron chi connectivity index (χ0n) is 14.2. The third-order valence-corrected chi connectivity index (χ3v) is 4.95. The van der Waals surface area contributed by atoms with Gasteiger partial charge in [-0.3, -0.25) is 4.90 Å². The van der Waals surface area contributed by atoms with Gasteiger partial charge < -0.3 is 9.73 Å². The van der Waals surface area contributed by atoms with Gasteiger partial charge in [0.2, 0.25) is 0 Å². The summed E-state index contributed by atoms with van der Waals surface area (Å²) in [5.74, 6) is 2.09. The predicted molar refractivity (Wildman–Crippen MR) is 88.2 cm³/mol. The van der Waals surface area contributed by atoms with Crippen LogP contribution in [0.5, 0.6) is 0 Å². The van der Waals surface area contributed by atoms with E-state index in [9.17, 15) is 0 Å². The number of hydrogen-bond acceptors (Lipinski definition) is 3. The molecular weight excluding hydrogens is 260 g/mol. The van der Waals surface area contributed by atoms with E-state index in [0.29, 0.717) is 6.04 Å². The van der Waals surface area contributed by atoms with Gasteiger partial charge in [-0.05, 0) is 44.7 Å². The molecule has 2 rings (SSSR count). The molecule has 0 spiro atoms. The lowest BCUT2D eigenvalue weighted by Gasteiger charge is -2.34. The lowest BCUT2D eigenvalue weighted by atomic mass is 9.84. The first-order chi connectivity index (χ1) is 10.1. The van der Waals surface area contributed by atoms with Crippen molar-refractivity contribution in [2.45, 2.75) is 78.0 Å². The van der Waals surface area contributed by atoms with E-state index in [1.165, 1.54) is 37.7 Å². The van der Waals surface area contributed by atoms with Crippen LogP contribution in [0.15, 0.2) is 16.7 Å². The molecule has 1 saturated carbocycles. The molecule has 0 bridgehead atoms. The number of rotatable bonds is 7. The van der Waals surface area contributed by atoms with E-state index in [-0.39, 0.29) is 0 Å². The smallest absolute Gasteiger partial charge is 0.122 e. The second kappa shape index (κ2) is 8.00. The highest BCUT2D eigenvalue weighted by Gasteiger charge is 2.24. The van der Waals surface area contributed by atoms with Gasteiger partial charge in [0.1, 0.15) is 5.76 Å². The van der Waals surface area contributed by atoms with E-state index in [2.05, 4.69) is 44.1 Å². The quantitative estimate of drug-likeness (QED) is 0.817. The molecule has 1 aromatic heterocycles. The molecule has 0 aromatic carbocycles. The average molecular weight is 292 g/mol. The topological polar surface area (TPSA) is 28.4 Å². The molecule has 0 radical (unpaired) electrons. The molecule has 0 atom stereocenters. The highest BCUT2D eigenvalue weighted by molar-refractivity contribution is 5.17. The van der Waals surface area contributed by atoms with Crippen molar-refractivity contribution >= 4 is 0 Å². The third kappa shape index (κ3) is 4.86. The molecule has 1 aliphatic rings.